The second-order valence-corrected chi connectivity index (χ2v) is 5.35. The summed E-state index contributed by atoms with van der Waals surface area (Å²) in [5, 5.41) is 14.3. The second-order valence-electron chi connectivity index (χ2n) is 4.69. The standard InChI is InChI=1S/C15H16ClN3O/c1-11-9-10-14(20)15(17-11)12(2)18-19(3,16)13-7-5-4-6-8-13/h4-10H,1-3H3/p+1. The fraction of sp³-hybridized carbons (Fsp3) is 0.200. The van der Waals surface area contributed by atoms with Gasteiger partial charge in [-0.05, 0) is 26.0 Å². The van der Waals surface area contributed by atoms with Gasteiger partial charge >= 0.3 is 0 Å². The number of quaternary nitrogens is 1. The number of hydrogen-bond donors (Lipinski definition) is 1. The van der Waals surface area contributed by atoms with Crippen LogP contribution in [0.15, 0.2) is 47.6 Å². The van der Waals surface area contributed by atoms with E-state index in [2.05, 4.69) is 10.1 Å². The second kappa shape index (κ2) is 5.61. The van der Waals surface area contributed by atoms with Crippen molar-refractivity contribution in [2.45, 2.75) is 13.8 Å². The molecule has 1 unspecified atom stereocenters. The summed E-state index contributed by atoms with van der Waals surface area (Å²) in [5.74, 6) is 0.0987. The van der Waals surface area contributed by atoms with Gasteiger partial charge in [-0.3, -0.25) is 0 Å². The molecule has 2 aromatic rings. The van der Waals surface area contributed by atoms with Crippen LogP contribution in [0.4, 0.5) is 5.69 Å². The molecule has 1 N–H and O–H groups in total. The highest BCUT2D eigenvalue weighted by molar-refractivity contribution is 6.21. The zero-order valence-electron chi connectivity index (χ0n) is 11.7. The Labute approximate surface area is 123 Å². The molecule has 5 heteroatoms. The molecular formula is C15H17ClN3O+. The van der Waals surface area contributed by atoms with Gasteiger partial charge in [0.2, 0.25) is 11.8 Å². The van der Waals surface area contributed by atoms with E-state index in [1.807, 2.05) is 37.3 Å². The van der Waals surface area contributed by atoms with Crippen molar-refractivity contribution >= 4 is 23.2 Å². The first-order valence-electron chi connectivity index (χ1n) is 6.26. The lowest BCUT2D eigenvalue weighted by atomic mass is 10.2. The summed E-state index contributed by atoms with van der Waals surface area (Å²) in [4.78, 5) is 4.30. The molecule has 0 radical (unpaired) electrons. The first-order chi connectivity index (χ1) is 9.40. The van der Waals surface area contributed by atoms with Crippen LogP contribution in [0.3, 0.4) is 0 Å². The monoisotopic (exact) mass is 290 g/mol. The maximum atomic E-state index is 9.88. The number of benzene rings is 1. The molecule has 0 aliphatic heterocycles. The van der Waals surface area contributed by atoms with Gasteiger partial charge < -0.3 is 5.11 Å². The maximum Gasteiger partial charge on any atom is 0.203 e. The van der Waals surface area contributed by atoms with Crippen LogP contribution in [0.25, 0.3) is 0 Å². The molecule has 1 aromatic heterocycles. The summed E-state index contributed by atoms with van der Waals surface area (Å²) in [6, 6.07) is 12.9. The number of aromatic hydroxyl groups is 1. The highest BCUT2D eigenvalue weighted by Gasteiger charge is 2.24. The van der Waals surface area contributed by atoms with Crippen molar-refractivity contribution in [1.29, 1.82) is 0 Å². The first kappa shape index (κ1) is 14.5. The number of pyridine rings is 1. The molecule has 1 atom stereocenters. The SMILES string of the molecule is CC(=N[N+](C)(Cl)c1ccccc1)c1nc(C)ccc1O. The minimum atomic E-state index is -0.179. The van der Waals surface area contributed by atoms with Crippen molar-refractivity contribution in [1.82, 2.24) is 9.10 Å². The van der Waals surface area contributed by atoms with Crippen LogP contribution in [0.2, 0.25) is 0 Å². The fourth-order valence-corrected chi connectivity index (χ4v) is 2.13. The minimum Gasteiger partial charge on any atom is -0.506 e. The molecule has 0 aliphatic carbocycles. The van der Waals surface area contributed by atoms with Gasteiger partial charge in [0.05, 0.1) is 0 Å². The Balaban J connectivity index is 2.41. The molecule has 0 spiro atoms. The van der Waals surface area contributed by atoms with E-state index in [0.29, 0.717) is 11.4 Å². The minimum absolute atomic E-state index is 0.0987. The molecule has 4 nitrogen and oxygen atoms in total. The van der Waals surface area contributed by atoms with Gasteiger partial charge in [-0.2, -0.15) is 0 Å². The first-order valence-corrected chi connectivity index (χ1v) is 6.59. The van der Waals surface area contributed by atoms with E-state index >= 15 is 0 Å². The Bertz CT molecular complexity index is 639. The number of rotatable bonds is 3. The van der Waals surface area contributed by atoms with Crippen LogP contribution in [-0.4, -0.2) is 22.8 Å². The van der Waals surface area contributed by atoms with Crippen LogP contribution in [-0.2, 0) is 0 Å². The van der Waals surface area contributed by atoms with Gasteiger partial charge in [0.25, 0.3) is 0 Å². The quantitative estimate of drug-likeness (QED) is 0.533. The van der Waals surface area contributed by atoms with Crippen LogP contribution in [0.5, 0.6) is 5.75 Å². The van der Waals surface area contributed by atoms with E-state index < -0.39 is 0 Å². The number of halogens is 1. The summed E-state index contributed by atoms with van der Waals surface area (Å²) in [7, 11) is 1.76. The highest BCUT2D eigenvalue weighted by atomic mass is 35.5. The van der Waals surface area contributed by atoms with Gasteiger partial charge in [0.15, 0.2) is 5.69 Å². The van der Waals surface area contributed by atoms with Gasteiger partial charge in [0, 0.05) is 17.8 Å². The molecule has 104 valence electrons. The zero-order chi connectivity index (χ0) is 14.8. The molecule has 20 heavy (non-hydrogen) atoms. The molecule has 0 aliphatic rings. The third-order valence-corrected chi connectivity index (χ3v) is 3.19. The zero-order valence-corrected chi connectivity index (χ0v) is 12.5. The molecule has 0 amide bonds. The smallest absolute Gasteiger partial charge is 0.203 e. The summed E-state index contributed by atoms with van der Waals surface area (Å²) < 4.78 is -0.179. The Kier molecular flexibility index (Phi) is 4.06. The molecule has 1 heterocycles. The number of hydrogen-bond acceptors (Lipinski definition) is 3. The average molecular weight is 291 g/mol. The van der Waals surface area contributed by atoms with Crippen molar-refractivity contribution in [3.05, 3.63) is 53.9 Å². The predicted molar refractivity (Wildman–Crippen MR) is 82.9 cm³/mol. The lowest BCUT2D eigenvalue weighted by Gasteiger charge is -2.17. The molecule has 0 fully saturated rings. The summed E-state index contributed by atoms with van der Waals surface area (Å²) >= 11 is 6.44. The maximum absolute atomic E-state index is 9.88. The van der Waals surface area contributed by atoms with E-state index in [1.165, 1.54) is 0 Å². The van der Waals surface area contributed by atoms with Gasteiger partial charge in [-0.1, -0.05) is 27.4 Å². The van der Waals surface area contributed by atoms with Gasteiger partial charge in [0.1, 0.15) is 24.2 Å². The Morgan fingerprint density at radius 2 is 1.85 bits per heavy atom. The van der Waals surface area contributed by atoms with Crippen LogP contribution in [0.1, 0.15) is 18.3 Å². The van der Waals surface area contributed by atoms with Crippen molar-refractivity contribution in [2.75, 3.05) is 7.05 Å². The Morgan fingerprint density at radius 3 is 2.50 bits per heavy atom. The van der Waals surface area contributed by atoms with Gasteiger partial charge in [-0.15, -0.1) is 0 Å². The predicted octanol–water partition coefficient (Wildman–Crippen LogP) is 3.61. The highest BCUT2D eigenvalue weighted by Crippen LogP contribution is 2.26. The molecule has 2 rings (SSSR count). The number of aromatic nitrogens is 1. The third-order valence-electron chi connectivity index (χ3n) is 2.92. The molecular weight excluding hydrogens is 274 g/mol. The molecule has 1 aromatic carbocycles. The van der Waals surface area contributed by atoms with Crippen LogP contribution < -0.4 is 4.11 Å². The normalized spacial score (nSPS) is 14.9. The van der Waals surface area contributed by atoms with Crippen molar-refractivity contribution in [2.24, 2.45) is 5.10 Å². The van der Waals surface area contributed by atoms with Crippen molar-refractivity contribution < 1.29 is 5.11 Å². The number of para-hydroxylation sites is 1. The Hall–Kier alpha value is -1.91. The average Bonchev–Trinajstić information content (AvgIpc) is 2.42. The van der Waals surface area contributed by atoms with E-state index in [9.17, 15) is 5.11 Å². The van der Waals surface area contributed by atoms with Crippen molar-refractivity contribution in [3.8, 4) is 5.75 Å². The topological polar surface area (TPSA) is 45.5 Å². The number of nitrogens with zero attached hydrogens (tertiary/aromatic N) is 3. The lowest BCUT2D eigenvalue weighted by Crippen LogP contribution is -2.28. The number of aryl methyl sites for hydroxylation is 1. The van der Waals surface area contributed by atoms with E-state index in [-0.39, 0.29) is 9.86 Å². The molecule has 0 bridgehead atoms. The van der Waals surface area contributed by atoms with Crippen LogP contribution >= 0.6 is 11.8 Å². The third kappa shape index (κ3) is 3.15. The summed E-state index contributed by atoms with van der Waals surface area (Å²) in [6.45, 7) is 3.64. The van der Waals surface area contributed by atoms with Crippen LogP contribution in [0, 0.1) is 6.92 Å². The van der Waals surface area contributed by atoms with E-state index in [4.69, 9.17) is 11.8 Å². The summed E-state index contributed by atoms with van der Waals surface area (Å²) in [6.07, 6.45) is 0. The summed E-state index contributed by atoms with van der Waals surface area (Å²) in [5.41, 5.74) is 2.68. The Morgan fingerprint density at radius 1 is 1.20 bits per heavy atom. The van der Waals surface area contributed by atoms with Gasteiger partial charge in [-0.25, -0.2) is 4.98 Å². The lowest BCUT2D eigenvalue weighted by molar-refractivity contribution is 0.470. The molecule has 0 saturated carbocycles. The molecule has 0 saturated heterocycles. The van der Waals surface area contributed by atoms with E-state index in [1.54, 1.807) is 26.1 Å². The largest absolute Gasteiger partial charge is 0.506 e. The fourth-order valence-electron chi connectivity index (χ4n) is 1.90. The van der Waals surface area contributed by atoms with E-state index in [0.717, 1.165) is 11.4 Å². The van der Waals surface area contributed by atoms with Crippen molar-refractivity contribution in [3.63, 3.8) is 0 Å².